The summed E-state index contributed by atoms with van der Waals surface area (Å²) in [5.74, 6) is 0.0738. The Balaban J connectivity index is 1.31. The number of hydrogen-bond donors (Lipinski definition) is 1. The van der Waals surface area contributed by atoms with E-state index >= 15 is 0 Å². The molecule has 3 aromatic carbocycles. The highest BCUT2D eigenvalue weighted by Crippen LogP contribution is 2.29. The minimum absolute atomic E-state index is 0.0693. The molecule has 5 aromatic rings. The van der Waals surface area contributed by atoms with E-state index < -0.39 is 0 Å². The molecule has 2 aromatic heterocycles. The zero-order valence-electron chi connectivity index (χ0n) is 18.5. The van der Waals surface area contributed by atoms with Gasteiger partial charge in [0.1, 0.15) is 0 Å². The number of rotatable bonds is 4. The molecule has 0 saturated carbocycles. The first-order valence-corrected chi connectivity index (χ1v) is 11.5. The molecule has 0 bridgehead atoms. The predicted octanol–water partition coefficient (Wildman–Crippen LogP) is 6.08. The Morgan fingerprint density at radius 2 is 1.59 bits per heavy atom. The first-order valence-electron chi connectivity index (χ1n) is 11.5. The summed E-state index contributed by atoms with van der Waals surface area (Å²) in [6.07, 6.45) is 4.62. The molecule has 166 valence electrons. The molecule has 1 aliphatic rings. The van der Waals surface area contributed by atoms with Crippen LogP contribution >= 0.6 is 0 Å². The number of amides is 1. The van der Waals surface area contributed by atoms with Crippen LogP contribution in [0.2, 0.25) is 0 Å². The average molecular weight is 447 g/mol. The van der Waals surface area contributed by atoms with E-state index in [0.717, 1.165) is 40.6 Å². The molecular formula is C28H22N4O2. The van der Waals surface area contributed by atoms with Crippen LogP contribution in [-0.2, 0) is 12.8 Å². The van der Waals surface area contributed by atoms with Crippen molar-refractivity contribution in [2.75, 3.05) is 5.32 Å². The fraction of sp³-hybridized carbons (Fsp3) is 0.143. The third-order valence-corrected chi connectivity index (χ3v) is 6.27. The van der Waals surface area contributed by atoms with E-state index in [1.807, 2.05) is 60.7 Å². The largest absolute Gasteiger partial charge is 0.403 e. The number of carbonyl (C=O) groups is 1. The number of aromatic nitrogens is 3. The second kappa shape index (κ2) is 8.56. The Morgan fingerprint density at radius 1 is 0.794 bits per heavy atom. The Morgan fingerprint density at radius 3 is 2.47 bits per heavy atom. The van der Waals surface area contributed by atoms with E-state index in [2.05, 4.69) is 27.6 Å². The number of fused-ring (bicyclic) bond motifs is 2. The van der Waals surface area contributed by atoms with Crippen molar-refractivity contribution in [2.45, 2.75) is 25.7 Å². The summed E-state index contributed by atoms with van der Waals surface area (Å²) in [6.45, 7) is 0. The molecular weight excluding hydrogens is 424 g/mol. The third kappa shape index (κ3) is 3.83. The first-order chi connectivity index (χ1) is 16.7. The van der Waals surface area contributed by atoms with E-state index in [9.17, 15) is 4.79 Å². The van der Waals surface area contributed by atoms with Crippen LogP contribution < -0.4 is 5.32 Å². The molecule has 6 nitrogen and oxygen atoms in total. The van der Waals surface area contributed by atoms with Gasteiger partial charge < -0.3 is 4.42 Å². The van der Waals surface area contributed by atoms with Crippen LogP contribution in [0.3, 0.4) is 0 Å². The van der Waals surface area contributed by atoms with Crippen LogP contribution in [0, 0.1) is 0 Å². The SMILES string of the molecule is O=C(Nc1nnc(-c2ccc3c(c2)CCCC3)o1)c1cc(-c2ccccc2)nc2ccccc12. The molecule has 1 N–H and O–H groups in total. The molecule has 6 rings (SSSR count). The van der Waals surface area contributed by atoms with E-state index in [-0.39, 0.29) is 11.9 Å². The molecule has 0 atom stereocenters. The Kier molecular flexibility index (Phi) is 5.11. The topological polar surface area (TPSA) is 80.9 Å². The second-order valence-corrected chi connectivity index (χ2v) is 8.50. The number of anilines is 1. The summed E-state index contributed by atoms with van der Waals surface area (Å²) in [5.41, 5.74) is 6.51. The number of pyridine rings is 1. The number of para-hydroxylation sites is 1. The maximum absolute atomic E-state index is 13.3. The third-order valence-electron chi connectivity index (χ3n) is 6.27. The molecule has 0 saturated heterocycles. The number of carbonyl (C=O) groups excluding carboxylic acids is 1. The van der Waals surface area contributed by atoms with Crippen molar-refractivity contribution in [3.8, 4) is 22.7 Å². The number of benzene rings is 3. The zero-order valence-corrected chi connectivity index (χ0v) is 18.5. The van der Waals surface area contributed by atoms with Crippen LogP contribution in [0.5, 0.6) is 0 Å². The van der Waals surface area contributed by atoms with Gasteiger partial charge in [-0.25, -0.2) is 4.98 Å². The lowest BCUT2D eigenvalue weighted by atomic mass is 9.90. The zero-order chi connectivity index (χ0) is 22.9. The quantitative estimate of drug-likeness (QED) is 0.362. The Labute approximate surface area is 196 Å². The van der Waals surface area contributed by atoms with Crippen molar-refractivity contribution >= 4 is 22.8 Å². The molecule has 2 heterocycles. The van der Waals surface area contributed by atoms with Gasteiger partial charge in [-0.2, -0.15) is 0 Å². The highest BCUT2D eigenvalue weighted by atomic mass is 16.4. The molecule has 0 aliphatic heterocycles. The van der Waals surface area contributed by atoms with E-state index in [0.29, 0.717) is 11.5 Å². The normalized spacial score (nSPS) is 12.9. The minimum Gasteiger partial charge on any atom is -0.403 e. The summed E-state index contributed by atoms with van der Waals surface area (Å²) >= 11 is 0. The molecule has 0 fully saturated rings. The number of nitrogens with one attached hydrogen (secondary N) is 1. The van der Waals surface area contributed by atoms with Crippen LogP contribution in [0.1, 0.15) is 34.3 Å². The van der Waals surface area contributed by atoms with Gasteiger partial charge in [0.05, 0.1) is 16.8 Å². The molecule has 1 aliphatic carbocycles. The van der Waals surface area contributed by atoms with Gasteiger partial charge in [-0.15, -0.1) is 5.10 Å². The van der Waals surface area contributed by atoms with Crippen molar-refractivity contribution in [2.24, 2.45) is 0 Å². The van der Waals surface area contributed by atoms with Crippen molar-refractivity contribution in [1.29, 1.82) is 0 Å². The van der Waals surface area contributed by atoms with Crippen molar-refractivity contribution < 1.29 is 9.21 Å². The van der Waals surface area contributed by atoms with Gasteiger partial charge >= 0.3 is 6.01 Å². The van der Waals surface area contributed by atoms with Gasteiger partial charge in [-0.05, 0) is 61.1 Å². The predicted molar refractivity (Wildman–Crippen MR) is 132 cm³/mol. The monoisotopic (exact) mass is 446 g/mol. The van der Waals surface area contributed by atoms with E-state index in [1.165, 1.54) is 24.0 Å². The van der Waals surface area contributed by atoms with Gasteiger partial charge in [0.25, 0.3) is 5.91 Å². The van der Waals surface area contributed by atoms with Crippen LogP contribution in [0.25, 0.3) is 33.6 Å². The summed E-state index contributed by atoms with van der Waals surface area (Å²) in [4.78, 5) is 18.0. The number of nitrogens with zero attached hydrogens (tertiary/aromatic N) is 3. The van der Waals surface area contributed by atoms with E-state index in [4.69, 9.17) is 9.40 Å². The van der Waals surface area contributed by atoms with E-state index in [1.54, 1.807) is 6.07 Å². The summed E-state index contributed by atoms with van der Waals surface area (Å²) in [5, 5.41) is 11.8. The van der Waals surface area contributed by atoms with Crippen molar-refractivity contribution in [3.63, 3.8) is 0 Å². The lowest BCUT2D eigenvalue weighted by molar-refractivity contribution is 0.102. The lowest BCUT2D eigenvalue weighted by Crippen LogP contribution is -2.13. The number of aryl methyl sites for hydroxylation is 2. The van der Waals surface area contributed by atoms with Crippen LogP contribution in [-0.4, -0.2) is 21.1 Å². The Hall–Kier alpha value is -4.32. The van der Waals surface area contributed by atoms with Gasteiger partial charge in [0.2, 0.25) is 5.89 Å². The maximum Gasteiger partial charge on any atom is 0.322 e. The Bertz CT molecular complexity index is 1510. The number of hydrogen-bond acceptors (Lipinski definition) is 5. The summed E-state index contributed by atoms with van der Waals surface area (Å²) in [6, 6.07) is 25.5. The second-order valence-electron chi connectivity index (χ2n) is 8.50. The first kappa shape index (κ1) is 20.3. The molecule has 0 spiro atoms. The van der Waals surface area contributed by atoms with Crippen LogP contribution in [0.15, 0.2) is 83.3 Å². The lowest BCUT2D eigenvalue weighted by Gasteiger charge is -2.15. The van der Waals surface area contributed by atoms with Gasteiger partial charge in [0.15, 0.2) is 0 Å². The van der Waals surface area contributed by atoms with Gasteiger partial charge in [-0.1, -0.05) is 59.7 Å². The fourth-order valence-corrected chi connectivity index (χ4v) is 4.54. The van der Waals surface area contributed by atoms with Gasteiger partial charge in [0, 0.05) is 16.5 Å². The van der Waals surface area contributed by atoms with Crippen molar-refractivity contribution in [3.05, 3.63) is 95.6 Å². The summed E-state index contributed by atoms with van der Waals surface area (Å²) < 4.78 is 5.81. The highest BCUT2D eigenvalue weighted by Gasteiger charge is 2.18. The molecule has 0 unspecified atom stereocenters. The standard InChI is InChI=1S/C28H22N4O2/c33-26(23-17-25(19-9-2-1-3-10-19)29-24-13-7-6-12-22(23)24)30-28-32-31-27(34-28)21-15-14-18-8-4-5-11-20(18)16-21/h1-3,6-7,9-10,12-17H,4-5,8,11H2,(H,30,32,33). The van der Waals surface area contributed by atoms with Crippen LogP contribution in [0.4, 0.5) is 6.01 Å². The van der Waals surface area contributed by atoms with Gasteiger partial charge in [-0.3, -0.25) is 10.1 Å². The molecule has 6 heteroatoms. The smallest absolute Gasteiger partial charge is 0.322 e. The molecule has 34 heavy (non-hydrogen) atoms. The summed E-state index contributed by atoms with van der Waals surface area (Å²) in [7, 11) is 0. The minimum atomic E-state index is -0.323. The van der Waals surface area contributed by atoms with Crippen molar-refractivity contribution in [1.82, 2.24) is 15.2 Å². The molecule has 1 amide bonds. The highest BCUT2D eigenvalue weighted by molar-refractivity contribution is 6.12. The maximum atomic E-state index is 13.3. The molecule has 0 radical (unpaired) electrons. The fourth-order valence-electron chi connectivity index (χ4n) is 4.54. The average Bonchev–Trinajstić information content (AvgIpc) is 3.36.